The zero-order valence-corrected chi connectivity index (χ0v) is 15.5. The lowest BCUT2D eigenvalue weighted by Crippen LogP contribution is -2.39. The Morgan fingerprint density at radius 2 is 1.93 bits per heavy atom. The van der Waals surface area contributed by atoms with Gasteiger partial charge in [-0.15, -0.1) is 5.10 Å². The number of likely N-dealkylation sites (tertiary alicyclic amines) is 1. The van der Waals surface area contributed by atoms with Gasteiger partial charge >= 0.3 is 0 Å². The van der Waals surface area contributed by atoms with E-state index < -0.39 is 0 Å². The van der Waals surface area contributed by atoms with Crippen molar-refractivity contribution in [3.63, 3.8) is 0 Å². The van der Waals surface area contributed by atoms with E-state index in [1.807, 2.05) is 29.2 Å². The fourth-order valence-corrected chi connectivity index (χ4v) is 3.58. The second-order valence-corrected chi connectivity index (χ2v) is 6.93. The molecule has 1 aliphatic heterocycles. The number of nitrogens with zero attached hydrogens (tertiary/aromatic N) is 5. The molecule has 0 spiro atoms. The summed E-state index contributed by atoms with van der Waals surface area (Å²) in [6.45, 7) is 5.12. The molecule has 0 radical (unpaired) electrons. The fourth-order valence-electron chi connectivity index (χ4n) is 3.58. The third kappa shape index (κ3) is 3.22. The van der Waals surface area contributed by atoms with Crippen LogP contribution in [0, 0.1) is 6.92 Å². The summed E-state index contributed by atoms with van der Waals surface area (Å²) in [6.07, 6.45) is 2.47. The van der Waals surface area contributed by atoms with Gasteiger partial charge < -0.3 is 9.88 Å². The van der Waals surface area contributed by atoms with Crippen LogP contribution in [0.5, 0.6) is 0 Å². The zero-order chi connectivity index (χ0) is 19.0. The molecule has 4 rings (SSSR count). The number of aromatic amines is 1. The van der Waals surface area contributed by atoms with Gasteiger partial charge in [0.15, 0.2) is 11.2 Å². The van der Waals surface area contributed by atoms with Crippen molar-refractivity contribution < 1.29 is 4.79 Å². The van der Waals surface area contributed by atoms with E-state index in [9.17, 15) is 9.59 Å². The number of hydrogen-bond acceptors (Lipinski definition) is 5. The molecule has 1 aliphatic rings. The maximum Gasteiger partial charge on any atom is 0.281 e. The summed E-state index contributed by atoms with van der Waals surface area (Å²) < 4.78 is 1.73. The van der Waals surface area contributed by atoms with E-state index in [1.165, 1.54) is 5.56 Å². The summed E-state index contributed by atoms with van der Waals surface area (Å²) in [5, 5.41) is 8.13. The first-order chi connectivity index (χ1) is 13.1. The standard InChI is InChI=1S/C19H22N6O2/c1-3-13-4-6-14(7-5-13)19(27)24-10-8-15(9-11-24)25-17-16(22-23-25)18(26)21-12(2)20-17/h4-7,15H,3,8-11H2,1-2H3,(H,20,21,26). The van der Waals surface area contributed by atoms with Gasteiger partial charge in [0.05, 0.1) is 6.04 Å². The molecule has 0 aliphatic carbocycles. The first-order valence-electron chi connectivity index (χ1n) is 9.27. The molecule has 0 bridgehead atoms. The first kappa shape index (κ1) is 17.4. The van der Waals surface area contributed by atoms with Gasteiger partial charge in [-0.2, -0.15) is 0 Å². The van der Waals surface area contributed by atoms with Crippen LogP contribution >= 0.6 is 0 Å². The molecule has 1 saturated heterocycles. The summed E-state index contributed by atoms with van der Waals surface area (Å²) >= 11 is 0. The average molecular weight is 366 g/mol. The number of carbonyl (C=O) groups is 1. The molecule has 1 amide bonds. The maximum atomic E-state index is 12.7. The predicted octanol–water partition coefficient (Wildman–Crippen LogP) is 1.86. The third-order valence-corrected chi connectivity index (χ3v) is 5.16. The topological polar surface area (TPSA) is 96.8 Å². The molecule has 3 aromatic rings. The van der Waals surface area contributed by atoms with Gasteiger partial charge in [-0.3, -0.25) is 9.59 Å². The van der Waals surface area contributed by atoms with Gasteiger partial charge in [0, 0.05) is 18.7 Å². The van der Waals surface area contributed by atoms with Crippen molar-refractivity contribution in [1.82, 2.24) is 29.9 Å². The molecule has 1 N–H and O–H groups in total. The average Bonchev–Trinajstić information content (AvgIpc) is 3.12. The molecule has 27 heavy (non-hydrogen) atoms. The van der Waals surface area contributed by atoms with Gasteiger partial charge in [-0.05, 0) is 43.9 Å². The Balaban J connectivity index is 1.49. The van der Waals surface area contributed by atoms with Crippen molar-refractivity contribution in [1.29, 1.82) is 0 Å². The minimum atomic E-state index is -0.271. The van der Waals surface area contributed by atoms with E-state index in [2.05, 4.69) is 27.2 Å². The van der Waals surface area contributed by atoms with Crippen LogP contribution in [0.15, 0.2) is 29.1 Å². The summed E-state index contributed by atoms with van der Waals surface area (Å²) in [5.74, 6) is 0.601. The number of aryl methyl sites for hydroxylation is 2. The number of aromatic nitrogens is 5. The highest BCUT2D eigenvalue weighted by Crippen LogP contribution is 2.25. The lowest BCUT2D eigenvalue weighted by molar-refractivity contribution is 0.0691. The number of carbonyl (C=O) groups excluding carboxylic acids is 1. The zero-order valence-electron chi connectivity index (χ0n) is 15.5. The molecule has 2 aromatic heterocycles. The highest BCUT2D eigenvalue weighted by molar-refractivity contribution is 5.94. The molecule has 0 atom stereocenters. The first-order valence-corrected chi connectivity index (χ1v) is 9.27. The Kier molecular flexibility index (Phi) is 4.47. The van der Waals surface area contributed by atoms with Crippen molar-refractivity contribution >= 4 is 17.1 Å². The minimum absolute atomic E-state index is 0.0602. The number of hydrogen-bond donors (Lipinski definition) is 1. The van der Waals surface area contributed by atoms with Gasteiger partial charge in [0.1, 0.15) is 5.82 Å². The van der Waals surface area contributed by atoms with Gasteiger partial charge in [-0.1, -0.05) is 24.3 Å². The van der Waals surface area contributed by atoms with Crippen LogP contribution in [-0.4, -0.2) is 48.9 Å². The Morgan fingerprint density at radius 1 is 1.22 bits per heavy atom. The maximum absolute atomic E-state index is 12.7. The summed E-state index contributed by atoms with van der Waals surface area (Å²) in [6, 6.07) is 7.89. The number of H-pyrrole nitrogens is 1. The largest absolute Gasteiger partial charge is 0.338 e. The minimum Gasteiger partial charge on any atom is -0.338 e. The van der Waals surface area contributed by atoms with Crippen molar-refractivity contribution in [2.24, 2.45) is 0 Å². The van der Waals surface area contributed by atoms with Crippen LogP contribution in [-0.2, 0) is 6.42 Å². The van der Waals surface area contributed by atoms with E-state index in [-0.39, 0.29) is 23.0 Å². The van der Waals surface area contributed by atoms with Crippen LogP contribution < -0.4 is 5.56 Å². The molecule has 0 unspecified atom stereocenters. The lowest BCUT2D eigenvalue weighted by Gasteiger charge is -2.32. The predicted molar refractivity (Wildman–Crippen MR) is 101 cm³/mol. The number of fused-ring (bicyclic) bond motifs is 1. The van der Waals surface area contributed by atoms with Gasteiger partial charge in [0.2, 0.25) is 0 Å². The van der Waals surface area contributed by atoms with Gasteiger partial charge in [0.25, 0.3) is 11.5 Å². The molecule has 1 aromatic carbocycles. The van der Waals surface area contributed by atoms with Gasteiger partial charge in [-0.25, -0.2) is 9.67 Å². The molecule has 8 nitrogen and oxygen atoms in total. The molecule has 3 heterocycles. The van der Waals surface area contributed by atoms with Crippen molar-refractivity contribution in [2.75, 3.05) is 13.1 Å². The van der Waals surface area contributed by atoms with Crippen LogP contribution in [0.3, 0.4) is 0 Å². The second kappa shape index (κ2) is 6.94. The van der Waals surface area contributed by atoms with E-state index in [0.717, 1.165) is 24.8 Å². The highest BCUT2D eigenvalue weighted by atomic mass is 16.2. The molecule has 8 heteroatoms. The van der Waals surface area contributed by atoms with Crippen molar-refractivity contribution in [2.45, 2.75) is 39.2 Å². The number of piperidine rings is 1. The van der Waals surface area contributed by atoms with Crippen LogP contribution in [0.1, 0.15) is 47.6 Å². The molecule has 140 valence electrons. The smallest absolute Gasteiger partial charge is 0.281 e. The van der Waals surface area contributed by atoms with Crippen molar-refractivity contribution in [3.05, 3.63) is 51.6 Å². The van der Waals surface area contributed by atoms with Crippen molar-refractivity contribution in [3.8, 4) is 0 Å². The Hall–Kier alpha value is -3.03. The third-order valence-electron chi connectivity index (χ3n) is 5.16. The van der Waals surface area contributed by atoms with E-state index in [4.69, 9.17) is 0 Å². The van der Waals surface area contributed by atoms with E-state index >= 15 is 0 Å². The number of nitrogens with one attached hydrogen (secondary N) is 1. The Labute approximate surface area is 156 Å². The molecule has 0 saturated carbocycles. The summed E-state index contributed by atoms with van der Waals surface area (Å²) in [4.78, 5) is 33.6. The molecular weight excluding hydrogens is 344 g/mol. The molecule has 1 fully saturated rings. The number of rotatable bonds is 3. The van der Waals surface area contributed by atoms with Crippen LogP contribution in [0.25, 0.3) is 11.2 Å². The second-order valence-electron chi connectivity index (χ2n) is 6.93. The summed E-state index contributed by atoms with van der Waals surface area (Å²) in [5.41, 5.74) is 2.44. The molecular formula is C19H22N6O2. The van der Waals surface area contributed by atoms with Crippen LogP contribution in [0.2, 0.25) is 0 Å². The highest BCUT2D eigenvalue weighted by Gasteiger charge is 2.27. The fraction of sp³-hybridized carbons (Fsp3) is 0.421. The number of benzene rings is 1. The number of amides is 1. The van der Waals surface area contributed by atoms with E-state index in [1.54, 1.807) is 11.6 Å². The SMILES string of the molecule is CCc1ccc(C(=O)N2CCC(n3nnc4c(=O)[nH]c(C)nc43)CC2)cc1. The Morgan fingerprint density at radius 3 is 2.59 bits per heavy atom. The lowest BCUT2D eigenvalue weighted by atomic mass is 10.0. The van der Waals surface area contributed by atoms with Crippen LogP contribution in [0.4, 0.5) is 0 Å². The van der Waals surface area contributed by atoms with E-state index in [0.29, 0.717) is 24.6 Å². The normalized spacial score (nSPS) is 15.4. The Bertz CT molecular complexity index is 1030. The quantitative estimate of drug-likeness (QED) is 0.763. The monoisotopic (exact) mass is 366 g/mol. The summed E-state index contributed by atoms with van der Waals surface area (Å²) in [7, 11) is 0.